The predicted molar refractivity (Wildman–Crippen MR) is 77.1 cm³/mol. The van der Waals surface area contributed by atoms with E-state index in [1.165, 1.54) is 19.3 Å². The van der Waals surface area contributed by atoms with E-state index in [9.17, 15) is 9.59 Å². The molecule has 0 heterocycles. The molecule has 0 unspecified atom stereocenters. The molecule has 1 saturated carbocycles. The first-order chi connectivity index (χ1) is 9.47. The van der Waals surface area contributed by atoms with Gasteiger partial charge in [0.15, 0.2) is 0 Å². The molecular weight excluding hydrogens is 256 g/mol. The second-order valence-corrected chi connectivity index (χ2v) is 5.46. The van der Waals surface area contributed by atoms with Crippen molar-refractivity contribution in [2.24, 2.45) is 5.92 Å². The van der Waals surface area contributed by atoms with Crippen LogP contribution >= 0.6 is 0 Å². The second-order valence-electron chi connectivity index (χ2n) is 5.46. The maximum absolute atomic E-state index is 12.1. The molecule has 0 atom stereocenters. The number of carboxylic acid groups (broad SMARTS) is 1. The Balaban J connectivity index is 2.04. The molecular formula is C15H20N2O3. The van der Waals surface area contributed by atoms with Crippen molar-refractivity contribution in [2.45, 2.75) is 26.2 Å². The molecule has 1 aromatic rings. The first kappa shape index (κ1) is 14.4. The summed E-state index contributed by atoms with van der Waals surface area (Å²) in [7, 11) is 1.74. The molecule has 0 spiro atoms. The SMILES string of the molecule is Cc1ccc(NC(=O)N(C)CC2CCC2)c(C(=O)O)c1. The van der Waals surface area contributed by atoms with Crippen molar-refractivity contribution >= 4 is 17.7 Å². The van der Waals surface area contributed by atoms with Gasteiger partial charge in [0.25, 0.3) is 0 Å². The standard InChI is InChI=1S/C15H20N2O3/c1-10-6-7-13(12(8-10)14(18)19)16-15(20)17(2)9-11-4-3-5-11/h6-8,11H,3-5,9H2,1-2H3,(H,16,20)(H,18,19). The number of carbonyl (C=O) groups excluding carboxylic acids is 1. The second kappa shape index (κ2) is 5.94. The molecule has 0 radical (unpaired) electrons. The van der Waals surface area contributed by atoms with E-state index in [-0.39, 0.29) is 11.6 Å². The first-order valence-corrected chi connectivity index (χ1v) is 6.83. The molecule has 2 rings (SSSR count). The number of rotatable bonds is 4. The third kappa shape index (κ3) is 3.29. The Morgan fingerprint density at radius 2 is 2.10 bits per heavy atom. The number of hydrogen-bond acceptors (Lipinski definition) is 2. The van der Waals surface area contributed by atoms with Crippen LogP contribution in [0.15, 0.2) is 18.2 Å². The lowest BCUT2D eigenvalue weighted by Crippen LogP contribution is -2.37. The van der Waals surface area contributed by atoms with Crippen LogP contribution < -0.4 is 5.32 Å². The molecule has 0 saturated heterocycles. The summed E-state index contributed by atoms with van der Waals surface area (Å²) in [6, 6.07) is 4.72. The number of carbonyl (C=O) groups is 2. The van der Waals surface area contributed by atoms with Crippen molar-refractivity contribution in [1.82, 2.24) is 4.90 Å². The molecule has 1 fully saturated rings. The van der Waals surface area contributed by atoms with Crippen LogP contribution in [-0.2, 0) is 0 Å². The van der Waals surface area contributed by atoms with Crippen LogP contribution in [0.4, 0.5) is 10.5 Å². The zero-order valence-corrected chi connectivity index (χ0v) is 11.8. The number of urea groups is 1. The van der Waals surface area contributed by atoms with Gasteiger partial charge in [-0.15, -0.1) is 0 Å². The van der Waals surface area contributed by atoms with Crippen LogP contribution in [0.3, 0.4) is 0 Å². The summed E-state index contributed by atoms with van der Waals surface area (Å²) in [5.41, 5.74) is 1.31. The third-order valence-electron chi connectivity index (χ3n) is 3.75. The maximum Gasteiger partial charge on any atom is 0.337 e. The Hall–Kier alpha value is -2.04. The molecule has 1 aromatic carbocycles. The number of anilines is 1. The minimum Gasteiger partial charge on any atom is -0.478 e. The lowest BCUT2D eigenvalue weighted by Gasteiger charge is -2.30. The fourth-order valence-electron chi connectivity index (χ4n) is 2.30. The summed E-state index contributed by atoms with van der Waals surface area (Å²) < 4.78 is 0. The summed E-state index contributed by atoms with van der Waals surface area (Å²) in [5, 5.41) is 11.8. The van der Waals surface area contributed by atoms with Gasteiger partial charge in [-0.25, -0.2) is 9.59 Å². The number of nitrogens with one attached hydrogen (secondary N) is 1. The van der Waals surface area contributed by atoms with Crippen molar-refractivity contribution < 1.29 is 14.7 Å². The number of amides is 2. The topological polar surface area (TPSA) is 69.6 Å². The van der Waals surface area contributed by atoms with Crippen LogP contribution in [0, 0.1) is 12.8 Å². The molecule has 108 valence electrons. The molecule has 0 aromatic heterocycles. The molecule has 0 bridgehead atoms. The van der Waals surface area contributed by atoms with Crippen molar-refractivity contribution in [2.75, 3.05) is 18.9 Å². The van der Waals surface area contributed by atoms with Gasteiger partial charge in [0, 0.05) is 13.6 Å². The minimum atomic E-state index is -1.04. The molecule has 2 amide bonds. The van der Waals surface area contributed by atoms with Gasteiger partial charge in [-0.05, 0) is 37.8 Å². The highest BCUT2D eigenvalue weighted by molar-refractivity contribution is 6.00. The monoisotopic (exact) mass is 276 g/mol. The summed E-state index contributed by atoms with van der Waals surface area (Å²) in [6.07, 6.45) is 3.58. The molecule has 0 aliphatic heterocycles. The Morgan fingerprint density at radius 3 is 2.65 bits per heavy atom. The Labute approximate surface area is 118 Å². The number of carboxylic acids is 1. The number of aryl methyl sites for hydroxylation is 1. The smallest absolute Gasteiger partial charge is 0.337 e. The van der Waals surface area contributed by atoms with Gasteiger partial charge in [-0.3, -0.25) is 0 Å². The van der Waals surface area contributed by atoms with E-state index in [1.54, 1.807) is 30.1 Å². The average molecular weight is 276 g/mol. The van der Waals surface area contributed by atoms with Crippen LogP contribution in [0.2, 0.25) is 0 Å². The van der Waals surface area contributed by atoms with Crippen LogP contribution in [0.5, 0.6) is 0 Å². The van der Waals surface area contributed by atoms with Crippen LogP contribution in [0.25, 0.3) is 0 Å². The maximum atomic E-state index is 12.1. The van der Waals surface area contributed by atoms with E-state index in [4.69, 9.17) is 5.11 Å². The fourth-order valence-corrected chi connectivity index (χ4v) is 2.30. The zero-order valence-electron chi connectivity index (χ0n) is 11.8. The highest BCUT2D eigenvalue weighted by atomic mass is 16.4. The first-order valence-electron chi connectivity index (χ1n) is 6.83. The summed E-state index contributed by atoms with van der Waals surface area (Å²) in [4.78, 5) is 24.9. The Kier molecular flexibility index (Phi) is 4.27. The predicted octanol–water partition coefficient (Wildman–Crippen LogP) is 2.96. The van der Waals surface area contributed by atoms with E-state index >= 15 is 0 Å². The van der Waals surface area contributed by atoms with Gasteiger partial charge < -0.3 is 15.3 Å². The van der Waals surface area contributed by atoms with Crippen LogP contribution in [0.1, 0.15) is 35.2 Å². The molecule has 2 N–H and O–H groups in total. The van der Waals surface area contributed by atoms with Crippen molar-refractivity contribution in [3.8, 4) is 0 Å². The molecule has 20 heavy (non-hydrogen) atoms. The third-order valence-corrected chi connectivity index (χ3v) is 3.75. The largest absolute Gasteiger partial charge is 0.478 e. The lowest BCUT2D eigenvalue weighted by molar-refractivity contribution is 0.0698. The summed E-state index contributed by atoms with van der Waals surface area (Å²) in [6.45, 7) is 2.54. The molecule has 1 aliphatic carbocycles. The van der Waals surface area contributed by atoms with Gasteiger partial charge in [-0.1, -0.05) is 18.1 Å². The van der Waals surface area contributed by atoms with Crippen molar-refractivity contribution in [3.05, 3.63) is 29.3 Å². The van der Waals surface area contributed by atoms with Gasteiger partial charge in [0.05, 0.1) is 11.3 Å². The zero-order chi connectivity index (χ0) is 14.7. The quantitative estimate of drug-likeness (QED) is 0.888. The number of nitrogens with zero attached hydrogens (tertiary/aromatic N) is 1. The molecule has 5 nitrogen and oxygen atoms in total. The summed E-state index contributed by atoms with van der Waals surface area (Å²) in [5.74, 6) is -0.451. The van der Waals surface area contributed by atoms with E-state index in [2.05, 4.69) is 5.32 Å². The average Bonchev–Trinajstić information content (AvgIpc) is 2.35. The fraction of sp³-hybridized carbons (Fsp3) is 0.467. The lowest BCUT2D eigenvalue weighted by atomic mass is 9.85. The van der Waals surface area contributed by atoms with E-state index in [0.717, 1.165) is 12.1 Å². The summed E-state index contributed by atoms with van der Waals surface area (Å²) >= 11 is 0. The number of hydrogen-bond donors (Lipinski definition) is 2. The highest BCUT2D eigenvalue weighted by Crippen LogP contribution is 2.27. The minimum absolute atomic E-state index is 0.121. The van der Waals surface area contributed by atoms with Crippen LogP contribution in [-0.4, -0.2) is 35.6 Å². The van der Waals surface area contributed by atoms with E-state index in [0.29, 0.717) is 11.6 Å². The van der Waals surface area contributed by atoms with Crippen molar-refractivity contribution in [1.29, 1.82) is 0 Å². The molecule has 5 heteroatoms. The number of aromatic carboxylic acids is 1. The van der Waals surface area contributed by atoms with Gasteiger partial charge in [-0.2, -0.15) is 0 Å². The van der Waals surface area contributed by atoms with Gasteiger partial charge in [0.1, 0.15) is 0 Å². The Bertz CT molecular complexity index is 524. The normalized spacial score (nSPS) is 14.5. The van der Waals surface area contributed by atoms with Gasteiger partial charge >= 0.3 is 12.0 Å². The van der Waals surface area contributed by atoms with Crippen molar-refractivity contribution in [3.63, 3.8) is 0 Å². The Morgan fingerprint density at radius 1 is 1.40 bits per heavy atom. The molecule has 1 aliphatic rings. The van der Waals surface area contributed by atoms with Gasteiger partial charge in [0.2, 0.25) is 0 Å². The van der Waals surface area contributed by atoms with E-state index < -0.39 is 5.97 Å². The van der Waals surface area contributed by atoms with E-state index in [1.807, 2.05) is 6.92 Å². The number of benzene rings is 1. The highest BCUT2D eigenvalue weighted by Gasteiger charge is 2.22.